The molecule has 0 aliphatic rings. The van der Waals surface area contributed by atoms with E-state index in [4.69, 9.17) is 13.6 Å². The van der Waals surface area contributed by atoms with Crippen molar-refractivity contribution in [3.63, 3.8) is 0 Å². The highest BCUT2D eigenvalue weighted by Gasteiger charge is 1.81. The van der Waals surface area contributed by atoms with E-state index in [0.29, 0.717) is 6.26 Å². The van der Waals surface area contributed by atoms with Crippen LogP contribution in [0.2, 0.25) is 0 Å². The third kappa shape index (κ3) is 48.5. The number of hydrogen-bond acceptors (Lipinski definition) is 4. The van der Waals surface area contributed by atoms with E-state index in [0.717, 1.165) is 13.2 Å². The smallest absolute Gasteiger partial charge is 0.261 e. The van der Waals surface area contributed by atoms with Crippen LogP contribution in [0.1, 0.15) is 13.8 Å². The summed E-state index contributed by atoms with van der Waals surface area (Å²) in [7, 11) is -3.43. The molecule has 12 heavy (non-hydrogen) atoms. The van der Waals surface area contributed by atoms with Crippen molar-refractivity contribution in [2.45, 2.75) is 13.8 Å². The highest BCUT2D eigenvalue weighted by Crippen LogP contribution is 2.10. The van der Waals surface area contributed by atoms with Crippen LogP contribution in [0.3, 0.4) is 0 Å². The lowest BCUT2D eigenvalue weighted by atomic mass is 10.9. The lowest BCUT2D eigenvalue weighted by Gasteiger charge is -1.96. The summed E-state index contributed by atoms with van der Waals surface area (Å²) in [6, 6.07) is 0. The second-order valence-corrected chi connectivity index (χ2v) is 3.89. The summed E-state index contributed by atoms with van der Waals surface area (Å²) in [4.78, 5) is 0. The van der Waals surface area contributed by atoms with Crippen LogP contribution in [0.25, 0.3) is 0 Å². The summed E-state index contributed by atoms with van der Waals surface area (Å²) >= 11 is 0. The van der Waals surface area contributed by atoms with Crippen LogP contribution in [-0.2, 0) is 19.2 Å². The summed E-state index contributed by atoms with van der Waals surface area (Å²) in [6.07, 6.45) is 0.715. The Morgan fingerprint density at radius 2 is 1.50 bits per heavy atom. The van der Waals surface area contributed by atoms with Crippen molar-refractivity contribution in [3.8, 4) is 0 Å². The van der Waals surface area contributed by atoms with Crippen LogP contribution >= 0.6 is 9.03 Å². The van der Waals surface area contributed by atoms with Crippen LogP contribution in [0, 0.1) is 0 Å². The highest BCUT2D eigenvalue weighted by atomic mass is 32.2. The minimum Gasteiger partial charge on any atom is -0.337 e. The summed E-state index contributed by atoms with van der Waals surface area (Å²) in [5, 5.41) is 0. The fourth-order valence-electron chi connectivity index (χ4n) is 0.160. The lowest BCUT2D eigenvalue weighted by Crippen LogP contribution is -1.88. The predicted molar refractivity (Wildman–Crippen MR) is 49.0 cm³/mol. The molecule has 0 amide bonds. The Hall–Kier alpha value is 0.260. The highest BCUT2D eigenvalue weighted by molar-refractivity contribution is 7.85. The molecule has 0 aromatic heterocycles. The molecule has 0 heterocycles. The molecule has 7 heteroatoms. The topological polar surface area (TPSA) is 72.8 Å². The number of rotatable bonds is 4. The molecule has 0 saturated heterocycles. The molecule has 76 valence electrons. The van der Waals surface area contributed by atoms with Gasteiger partial charge in [0.05, 0.1) is 19.5 Å². The van der Waals surface area contributed by atoms with Crippen LogP contribution in [0.4, 0.5) is 0 Å². The van der Waals surface area contributed by atoms with Crippen molar-refractivity contribution in [2.24, 2.45) is 0 Å². The fourth-order valence-corrected chi connectivity index (χ4v) is 0.479. The van der Waals surface area contributed by atoms with E-state index in [-0.39, 0.29) is 9.03 Å². The van der Waals surface area contributed by atoms with E-state index in [1.807, 2.05) is 13.8 Å². The molecule has 0 saturated carbocycles. The van der Waals surface area contributed by atoms with E-state index in [2.05, 4.69) is 0 Å². The Labute approximate surface area is 75.1 Å². The van der Waals surface area contributed by atoms with Gasteiger partial charge in [-0.2, -0.15) is 8.42 Å². The third-order valence-corrected chi connectivity index (χ3v) is 1.22. The fraction of sp³-hybridized carbons (Fsp3) is 1.00. The van der Waals surface area contributed by atoms with Crippen LogP contribution in [0.15, 0.2) is 0 Å². The second kappa shape index (κ2) is 9.35. The van der Waals surface area contributed by atoms with E-state index in [1.54, 1.807) is 0 Å². The average Bonchev–Trinajstić information content (AvgIpc) is 1.85. The van der Waals surface area contributed by atoms with Gasteiger partial charge in [-0.3, -0.25) is 4.55 Å². The van der Waals surface area contributed by atoms with Crippen molar-refractivity contribution in [1.82, 2.24) is 0 Å². The van der Waals surface area contributed by atoms with Crippen molar-refractivity contribution < 1.29 is 22.0 Å². The van der Waals surface area contributed by atoms with Gasteiger partial charge >= 0.3 is 0 Å². The Kier molecular flexibility index (Phi) is 11.5. The summed E-state index contributed by atoms with van der Waals surface area (Å²) < 4.78 is 35.6. The molecule has 0 unspecified atom stereocenters. The Morgan fingerprint density at radius 1 is 1.25 bits per heavy atom. The maximum Gasteiger partial charge on any atom is 0.261 e. The van der Waals surface area contributed by atoms with Crippen molar-refractivity contribution in [3.05, 3.63) is 0 Å². The third-order valence-electron chi connectivity index (χ3n) is 0.407. The molecule has 0 spiro atoms. The van der Waals surface area contributed by atoms with Crippen molar-refractivity contribution in [1.29, 1.82) is 0 Å². The first-order chi connectivity index (χ1) is 5.41. The Bertz CT molecular complexity index is 155. The normalized spacial score (nSPS) is 10.3. The minimum absolute atomic E-state index is 0.232. The van der Waals surface area contributed by atoms with Gasteiger partial charge < -0.3 is 9.05 Å². The second-order valence-electron chi connectivity index (χ2n) is 1.68. The van der Waals surface area contributed by atoms with Gasteiger partial charge in [-0.15, -0.1) is 0 Å². The Morgan fingerprint density at radius 3 is 1.67 bits per heavy atom. The molecule has 0 radical (unpaired) electrons. The van der Waals surface area contributed by atoms with Gasteiger partial charge in [0.25, 0.3) is 10.1 Å². The first-order valence-corrected chi connectivity index (χ1v) is 5.99. The molecule has 1 N–H and O–H groups in total. The molecule has 5 nitrogen and oxygen atoms in total. The molecular formula is C5H15O5PS. The quantitative estimate of drug-likeness (QED) is 0.434. The molecule has 0 rings (SSSR count). The standard InChI is InChI=1S/C4H11O2P.CH4O3S/c1-3-5-7-6-4-2;1-5(2,3)4/h7H,3-4H2,1-2H3;1H3,(H,2,3,4). The van der Waals surface area contributed by atoms with E-state index in [9.17, 15) is 8.42 Å². The van der Waals surface area contributed by atoms with Gasteiger partial charge in [-0.05, 0) is 13.8 Å². The van der Waals surface area contributed by atoms with Gasteiger partial charge in [0.2, 0.25) is 0 Å². The zero-order valence-electron chi connectivity index (χ0n) is 7.40. The number of hydrogen-bond donors (Lipinski definition) is 1. The maximum absolute atomic E-state index is 9.19. The Balaban J connectivity index is 0. The maximum atomic E-state index is 9.19. The van der Waals surface area contributed by atoms with E-state index >= 15 is 0 Å². The monoisotopic (exact) mass is 218 g/mol. The average molecular weight is 218 g/mol. The SMILES string of the molecule is CCOPOCC.CS(=O)(=O)O. The van der Waals surface area contributed by atoms with Crippen LogP contribution in [-0.4, -0.2) is 32.4 Å². The van der Waals surface area contributed by atoms with Gasteiger partial charge in [0.1, 0.15) is 0 Å². The van der Waals surface area contributed by atoms with Gasteiger partial charge in [-0.1, -0.05) is 0 Å². The molecule has 0 atom stereocenters. The van der Waals surface area contributed by atoms with Gasteiger partial charge in [0.15, 0.2) is 9.03 Å². The molecule has 0 aliphatic heterocycles. The lowest BCUT2D eigenvalue weighted by molar-refractivity contribution is 0.288. The van der Waals surface area contributed by atoms with E-state index < -0.39 is 10.1 Å². The van der Waals surface area contributed by atoms with Gasteiger partial charge in [0, 0.05) is 0 Å². The zero-order chi connectivity index (χ0) is 10.0. The zero-order valence-corrected chi connectivity index (χ0v) is 9.22. The molecular weight excluding hydrogens is 203 g/mol. The summed E-state index contributed by atoms with van der Waals surface area (Å²) in [5.74, 6) is 0. The molecule has 0 aliphatic carbocycles. The van der Waals surface area contributed by atoms with E-state index in [1.165, 1.54) is 0 Å². The summed E-state index contributed by atoms with van der Waals surface area (Å²) in [6.45, 7) is 5.40. The molecule has 0 aromatic rings. The predicted octanol–water partition coefficient (Wildman–Crippen LogP) is 1.07. The first kappa shape index (κ1) is 14.8. The summed E-state index contributed by atoms with van der Waals surface area (Å²) in [5.41, 5.74) is 0. The van der Waals surface area contributed by atoms with Crippen LogP contribution in [0.5, 0.6) is 0 Å². The molecule has 0 fully saturated rings. The van der Waals surface area contributed by atoms with Crippen LogP contribution < -0.4 is 0 Å². The van der Waals surface area contributed by atoms with Crippen molar-refractivity contribution in [2.75, 3.05) is 19.5 Å². The van der Waals surface area contributed by atoms with Crippen molar-refractivity contribution >= 4 is 19.2 Å². The molecule has 0 aromatic carbocycles. The van der Waals surface area contributed by atoms with Gasteiger partial charge in [-0.25, -0.2) is 0 Å². The first-order valence-electron chi connectivity index (χ1n) is 3.32. The molecule has 0 bridgehead atoms. The largest absolute Gasteiger partial charge is 0.337 e. The minimum atomic E-state index is -3.67.